The van der Waals surface area contributed by atoms with E-state index in [0.29, 0.717) is 12.3 Å². The molecule has 1 aromatic heterocycles. The number of amides is 1. The van der Waals surface area contributed by atoms with Gasteiger partial charge in [-0.2, -0.15) is 5.10 Å². The molecule has 1 aliphatic heterocycles. The second-order valence-corrected chi connectivity index (χ2v) is 5.29. The summed E-state index contributed by atoms with van der Waals surface area (Å²) in [6, 6.07) is 2.00. The third-order valence-electron chi connectivity index (χ3n) is 3.55. The van der Waals surface area contributed by atoms with Crippen molar-refractivity contribution in [2.75, 3.05) is 13.2 Å². The van der Waals surface area contributed by atoms with Crippen LogP contribution in [0.3, 0.4) is 0 Å². The van der Waals surface area contributed by atoms with Gasteiger partial charge in [0.2, 0.25) is 5.91 Å². The molecule has 1 saturated heterocycles. The highest BCUT2D eigenvalue weighted by molar-refractivity contribution is 5.76. The Morgan fingerprint density at radius 2 is 2.32 bits per heavy atom. The van der Waals surface area contributed by atoms with E-state index in [-0.39, 0.29) is 11.9 Å². The van der Waals surface area contributed by atoms with Crippen molar-refractivity contribution in [1.82, 2.24) is 15.1 Å². The summed E-state index contributed by atoms with van der Waals surface area (Å²) < 4.78 is 7.16. The first-order valence-corrected chi connectivity index (χ1v) is 7.08. The lowest BCUT2D eigenvalue weighted by Crippen LogP contribution is -2.36. The van der Waals surface area contributed by atoms with Crippen molar-refractivity contribution in [3.05, 3.63) is 18.5 Å². The molecule has 1 aliphatic rings. The monoisotopic (exact) mass is 265 g/mol. The van der Waals surface area contributed by atoms with Crippen molar-refractivity contribution in [2.45, 2.75) is 45.2 Å². The molecule has 0 aromatic carbocycles. The van der Waals surface area contributed by atoms with Gasteiger partial charge in [-0.15, -0.1) is 0 Å². The van der Waals surface area contributed by atoms with Gasteiger partial charge in [0.25, 0.3) is 0 Å². The molecule has 1 N–H and O–H groups in total. The number of aromatic nitrogens is 2. The maximum Gasteiger partial charge on any atom is 0.220 e. The van der Waals surface area contributed by atoms with Crippen molar-refractivity contribution < 1.29 is 9.53 Å². The minimum absolute atomic E-state index is 0.113. The van der Waals surface area contributed by atoms with Crippen LogP contribution in [0.2, 0.25) is 0 Å². The molecule has 106 valence electrons. The van der Waals surface area contributed by atoms with Gasteiger partial charge in [0, 0.05) is 38.1 Å². The van der Waals surface area contributed by atoms with Crippen molar-refractivity contribution in [3.8, 4) is 0 Å². The number of nitrogens with one attached hydrogen (secondary N) is 1. The Kier molecular flexibility index (Phi) is 5.39. The minimum Gasteiger partial charge on any atom is -0.381 e. The fourth-order valence-electron chi connectivity index (χ4n) is 2.45. The molecule has 0 aliphatic carbocycles. The summed E-state index contributed by atoms with van der Waals surface area (Å²) in [5.74, 6) is 0.798. The van der Waals surface area contributed by atoms with E-state index in [4.69, 9.17) is 4.74 Å². The Hall–Kier alpha value is -1.36. The van der Waals surface area contributed by atoms with Crippen molar-refractivity contribution in [3.63, 3.8) is 0 Å². The number of hydrogen-bond acceptors (Lipinski definition) is 3. The van der Waals surface area contributed by atoms with E-state index >= 15 is 0 Å². The lowest BCUT2D eigenvalue weighted by molar-refractivity contribution is -0.122. The van der Waals surface area contributed by atoms with Gasteiger partial charge in [-0.05, 0) is 38.2 Å². The zero-order valence-corrected chi connectivity index (χ0v) is 11.5. The molecule has 1 aromatic rings. The zero-order chi connectivity index (χ0) is 13.5. The third-order valence-corrected chi connectivity index (χ3v) is 3.55. The molecular weight excluding hydrogens is 242 g/mol. The molecule has 0 bridgehead atoms. The number of ether oxygens (including phenoxy) is 1. The fourth-order valence-corrected chi connectivity index (χ4v) is 2.45. The number of nitrogens with zero attached hydrogens (tertiary/aromatic N) is 2. The topological polar surface area (TPSA) is 56.2 Å². The first-order chi connectivity index (χ1) is 9.24. The molecular formula is C14H23N3O2. The molecule has 0 radical (unpaired) electrons. The summed E-state index contributed by atoms with van der Waals surface area (Å²) in [7, 11) is 0. The van der Waals surface area contributed by atoms with E-state index in [2.05, 4.69) is 10.4 Å². The van der Waals surface area contributed by atoms with E-state index in [1.165, 1.54) is 0 Å². The molecule has 1 atom stereocenters. The van der Waals surface area contributed by atoms with Gasteiger partial charge in [0.05, 0.1) is 6.54 Å². The molecule has 5 heteroatoms. The highest BCUT2D eigenvalue weighted by atomic mass is 16.5. The third kappa shape index (κ3) is 5.03. The SMILES string of the molecule is C[C@@H](Cn1cccn1)NC(=O)CCC1CCOCC1. The molecule has 0 unspecified atom stereocenters. The standard InChI is InChI=1S/C14H23N3O2/c1-12(11-17-8-2-7-15-17)16-14(18)4-3-13-5-9-19-10-6-13/h2,7-8,12-13H,3-6,9-11H2,1H3,(H,16,18)/t12-/m0/s1. The molecule has 0 spiro atoms. The van der Waals surface area contributed by atoms with E-state index in [1.54, 1.807) is 6.20 Å². The molecule has 2 rings (SSSR count). The summed E-state index contributed by atoms with van der Waals surface area (Å²) in [5, 5.41) is 7.16. The number of hydrogen-bond donors (Lipinski definition) is 1. The normalized spacial score (nSPS) is 18.2. The molecule has 5 nitrogen and oxygen atoms in total. The van der Waals surface area contributed by atoms with E-state index in [0.717, 1.165) is 39.0 Å². The van der Waals surface area contributed by atoms with Crippen LogP contribution in [0, 0.1) is 5.92 Å². The smallest absolute Gasteiger partial charge is 0.220 e. The van der Waals surface area contributed by atoms with E-state index < -0.39 is 0 Å². The predicted molar refractivity (Wildman–Crippen MR) is 72.6 cm³/mol. The predicted octanol–water partition coefficient (Wildman–Crippen LogP) is 1.59. The molecule has 1 amide bonds. The van der Waals surface area contributed by atoms with Crippen LogP contribution < -0.4 is 5.32 Å². The van der Waals surface area contributed by atoms with Crippen molar-refractivity contribution in [2.24, 2.45) is 5.92 Å². The molecule has 0 saturated carbocycles. The Balaban J connectivity index is 1.63. The summed E-state index contributed by atoms with van der Waals surface area (Å²) >= 11 is 0. The Morgan fingerprint density at radius 3 is 3.00 bits per heavy atom. The quantitative estimate of drug-likeness (QED) is 0.850. The maximum absolute atomic E-state index is 11.9. The van der Waals surface area contributed by atoms with Crippen LogP contribution >= 0.6 is 0 Å². The lowest BCUT2D eigenvalue weighted by Gasteiger charge is -2.22. The molecule has 2 heterocycles. The van der Waals surface area contributed by atoms with Gasteiger partial charge in [-0.25, -0.2) is 0 Å². The lowest BCUT2D eigenvalue weighted by atomic mass is 9.95. The Morgan fingerprint density at radius 1 is 1.53 bits per heavy atom. The molecule has 19 heavy (non-hydrogen) atoms. The molecule has 1 fully saturated rings. The summed E-state index contributed by atoms with van der Waals surface area (Å²) in [6.45, 7) is 4.42. The largest absolute Gasteiger partial charge is 0.381 e. The highest BCUT2D eigenvalue weighted by Gasteiger charge is 2.16. The summed E-state index contributed by atoms with van der Waals surface area (Å²) in [5.41, 5.74) is 0. The van der Waals surface area contributed by atoms with Crippen LogP contribution in [0.4, 0.5) is 0 Å². The van der Waals surface area contributed by atoms with Gasteiger partial charge in [0.1, 0.15) is 0 Å². The Labute approximate surface area is 114 Å². The summed E-state index contributed by atoms with van der Waals surface area (Å²) in [6.07, 6.45) is 7.44. The maximum atomic E-state index is 11.9. The van der Waals surface area contributed by atoms with Gasteiger partial charge in [0.15, 0.2) is 0 Å². The van der Waals surface area contributed by atoms with E-state index in [9.17, 15) is 4.79 Å². The van der Waals surface area contributed by atoms with Crippen LogP contribution in [-0.2, 0) is 16.1 Å². The van der Waals surface area contributed by atoms with Crippen LogP contribution in [0.15, 0.2) is 18.5 Å². The van der Waals surface area contributed by atoms with E-state index in [1.807, 2.05) is 23.9 Å². The second-order valence-electron chi connectivity index (χ2n) is 5.29. The van der Waals surface area contributed by atoms with Crippen LogP contribution in [0.1, 0.15) is 32.6 Å². The van der Waals surface area contributed by atoms with Crippen LogP contribution in [0.5, 0.6) is 0 Å². The second kappa shape index (κ2) is 7.28. The average Bonchev–Trinajstić information content (AvgIpc) is 2.90. The number of carbonyl (C=O) groups is 1. The highest BCUT2D eigenvalue weighted by Crippen LogP contribution is 2.19. The van der Waals surface area contributed by atoms with Gasteiger partial charge < -0.3 is 10.1 Å². The van der Waals surface area contributed by atoms with Crippen molar-refractivity contribution in [1.29, 1.82) is 0 Å². The Bertz CT molecular complexity index is 372. The zero-order valence-electron chi connectivity index (χ0n) is 11.5. The summed E-state index contributed by atoms with van der Waals surface area (Å²) in [4.78, 5) is 11.9. The van der Waals surface area contributed by atoms with Crippen molar-refractivity contribution >= 4 is 5.91 Å². The fraction of sp³-hybridized carbons (Fsp3) is 0.714. The van der Waals surface area contributed by atoms with Crippen LogP contribution in [0.25, 0.3) is 0 Å². The van der Waals surface area contributed by atoms with Crippen LogP contribution in [-0.4, -0.2) is 34.9 Å². The van der Waals surface area contributed by atoms with Gasteiger partial charge in [-0.1, -0.05) is 0 Å². The van der Waals surface area contributed by atoms with Gasteiger partial charge >= 0.3 is 0 Å². The first-order valence-electron chi connectivity index (χ1n) is 7.08. The first kappa shape index (κ1) is 14.1. The minimum atomic E-state index is 0.113. The average molecular weight is 265 g/mol. The number of carbonyl (C=O) groups excluding carboxylic acids is 1. The number of rotatable bonds is 6. The van der Waals surface area contributed by atoms with Gasteiger partial charge in [-0.3, -0.25) is 9.48 Å².